The third-order valence-corrected chi connectivity index (χ3v) is 5.24. The number of nitrogens with two attached hydrogens (primary N) is 2. The molecule has 0 aliphatic heterocycles. The van der Waals surface area contributed by atoms with E-state index in [0.29, 0.717) is 11.4 Å². The Bertz CT molecular complexity index is 788. The van der Waals surface area contributed by atoms with Crippen LogP contribution in [0.2, 0.25) is 0 Å². The standard InChI is InChI=1S/C13H11N3OS2/c1-6-2-9(18-5-6)10-3-7-11(19-10)8(13(15)17)4-16-12(7)14/h2-5H,1H3,(H2,14,16)(H2,15,17). The lowest BCUT2D eigenvalue weighted by Gasteiger charge is -1.99. The molecule has 1 amide bonds. The minimum absolute atomic E-state index is 0.425. The molecule has 0 radical (unpaired) electrons. The monoisotopic (exact) mass is 289 g/mol. The van der Waals surface area contributed by atoms with Crippen LogP contribution in [0.25, 0.3) is 19.8 Å². The van der Waals surface area contributed by atoms with Gasteiger partial charge in [0, 0.05) is 21.3 Å². The molecule has 96 valence electrons. The van der Waals surface area contributed by atoms with E-state index < -0.39 is 5.91 Å². The number of hydrogen-bond donors (Lipinski definition) is 2. The lowest BCUT2D eigenvalue weighted by atomic mass is 10.2. The Morgan fingerprint density at radius 2 is 2.11 bits per heavy atom. The quantitative estimate of drug-likeness (QED) is 0.760. The molecule has 0 aromatic carbocycles. The van der Waals surface area contributed by atoms with Crippen molar-refractivity contribution in [3.05, 3.63) is 34.8 Å². The van der Waals surface area contributed by atoms with Crippen LogP contribution in [0.3, 0.4) is 0 Å². The van der Waals surface area contributed by atoms with E-state index in [1.54, 1.807) is 11.3 Å². The first-order valence-corrected chi connectivity index (χ1v) is 7.29. The third-order valence-electron chi connectivity index (χ3n) is 2.82. The van der Waals surface area contributed by atoms with Gasteiger partial charge in [0.1, 0.15) is 5.82 Å². The van der Waals surface area contributed by atoms with Crippen molar-refractivity contribution in [1.29, 1.82) is 0 Å². The van der Waals surface area contributed by atoms with Gasteiger partial charge in [0.15, 0.2) is 0 Å². The molecule has 0 atom stereocenters. The Morgan fingerprint density at radius 1 is 1.32 bits per heavy atom. The molecule has 3 aromatic rings. The molecule has 0 bridgehead atoms. The first-order chi connectivity index (χ1) is 9.06. The second kappa shape index (κ2) is 4.32. The maximum absolute atomic E-state index is 11.4. The lowest BCUT2D eigenvalue weighted by Crippen LogP contribution is -2.11. The summed E-state index contributed by atoms with van der Waals surface area (Å²) in [5.74, 6) is -0.0518. The van der Waals surface area contributed by atoms with E-state index >= 15 is 0 Å². The van der Waals surface area contributed by atoms with Crippen LogP contribution >= 0.6 is 22.7 Å². The minimum atomic E-state index is -0.478. The van der Waals surface area contributed by atoms with Crippen LogP contribution in [0.15, 0.2) is 23.7 Å². The van der Waals surface area contributed by atoms with Gasteiger partial charge in [-0.05, 0) is 30.0 Å². The van der Waals surface area contributed by atoms with Crippen molar-refractivity contribution in [2.75, 3.05) is 5.73 Å². The summed E-state index contributed by atoms with van der Waals surface area (Å²) in [6.45, 7) is 2.05. The van der Waals surface area contributed by atoms with Crippen molar-refractivity contribution in [2.45, 2.75) is 6.92 Å². The largest absolute Gasteiger partial charge is 0.383 e. The molecule has 0 saturated carbocycles. The minimum Gasteiger partial charge on any atom is -0.383 e. The highest BCUT2D eigenvalue weighted by Crippen LogP contribution is 2.39. The van der Waals surface area contributed by atoms with Crippen molar-refractivity contribution in [2.24, 2.45) is 5.73 Å². The van der Waals surface area contributed by atoms with Gasteiger partial charge in [-0.2, -0.15) is 0 Å². The van der Waals surface area contributed by atoms with E-state index in [4.69, 9.17) is 11.5 Å². The lowest BCUT2D eigenvalue weighted by molar-refractivity contribution is 0.100. The van der Waals surface area contributed by atoms with Gasteiger partial charge in [-0.25, -0.2) is 4.98 Å². The number of carbonyl (C=O) groups excluding carboxylic acids is 1. The Hall–Kier alpha value is -1.92. The molecular formula is C13H11N3OS2. The summed E-state index contributed by atoms with van der Waals surface area (Å²) in [5, 5.41) is 2.89. The summed E-state index contributed by atoms with van der Waals surface area (Å²) in [7, 11) is 0. The summed E-state index contributed by atoms with van der Waals surface area (Å²) in [6.07, 6.45) is 1.44. The van der Waals surface area contributed by atoms with E-state index in [-0.39, 0.29) is 0 Å². The highest BCUT2D eigenvalue weighted by Gasteiger charge is 2.15. The summed E-state index contributed by atoms with van der Waals surface area (Å²) in [5.41, 5.74) is 12.9. The number of nitrogen functional groups attached to an aromatic ring is 1. The highest BCUT2D eigenvalue weighted by molar-refractivity contribution is 7.26. The molecule has 0 aliphatic carbocycles. The topological polar surface area (TPSA) is 82.0 Å². The number of anilines is 1. The van der Waals surface area contributed by atoms with Crippen LogP contribution < -0.4 is 11.5 Å². The first kappa shape index (κ1) is 12.1. The number of aromatic nitrogens is 1. The average Bonchev–Trinajstić information content (AvgIpc) is 2.95. The number of nitrogens with zero attached hydrogens (tertiary/aromatic N) is 1. The predicted molar refractivity (Wildman–Crippen MR) is 80.6 cm³/mol. The second-order valence-corrected chi connectivity index (χ2v) is 6.23. The Balaban J connectivity index is 2.28. The van der Waals surface area contributed by atoms with Gasteiger partial charge in [-0.15, -0.1) is 22.7 Å². The van der Waals surface area contributed by atoms with Crippen LogP contribution in [0.1, 0.15) is 15.9 Å². The van der Waals surface area contributed by atoms with Crippen molar-refractivity contribution in [1.82, 2.24) is 4.98 Å². The smallest absolute Gasteiger partial charge is 0.251 e. The molecule has 3 rings (SSSR count). The highest BCUT2D eigenvalue weighted by atomic mass is 32.1. The maximum atomic E-state index is 11.4. The van der Waals surface area contributed by atoms with Gasteiger partial charge in [0.2, 0.25) is 0 Å². The van der Waals surface area contributed by atoms with Crippen LogP contribution in [-0.4, -0.2) is 10.9 Å². The van der Waals surface area contributed by atoms with E-state index in [1.807, 2.05) is 6.07 Å². The number of primary amides is 1. The molecule has 0 aliphatic rings. The normalized spacial score (nSPS) is 11.0. The number of aryl methyl sites for hydroxylation is 1. The number of thiophene rings is 2. The van der Waals surface area contributed by atoms with Gasteiger partial charge in [0.05, 0.1) is 10.3 Å². The van der Waals surface area contributed by atoms with Crippen LogP contribution in [-0.2, 0) is 0 Å². The van der Waals surface area contributed by atoms with Gasteiger partial charge in [-0.1, -0.05) is 0 Å². The SMILES string of the molecule is Cc1csc(-c2cc3c(N)ncc(C(N)=O)c3s2)c1. The molecule has 0 fully saturated rings. The van der Waals surface area contributed by atoms with Crippen LogP contribution in [0.5, 0.6) is 0 Å². The number of fused-ring (bicyclic) bond motifs is 1. The number of amides is 1. The zero-order chi connectivity index (χ0) is 13.6. The number of hydrogen-bond acceptors (Lipinski definition) is 5. The third kappa shape index (κ3) is 1.98. The number of pyridine rings is 1. The zero-order valence-electron chi connectivity index (χ0n) is 10.1. The fraction of sp³-hybridized carbons (Fsp3) is 0.0769. The van der Waals surface area contributed by atoms with E-state index in [9.17, 15) is 4.79 Å². The fourth-order valence-corrected chi connectivity index (χ4v) is 4.07. The summed E-state index contributed by atoms with van der Waals surface area (Å²) in [6, 6.07) is 4.09. The predicted octanol–water partition coefficient (Wildman–Crippen LogP) is 3.01. The van der Waals surface area contributed by atoms with Gasteiger partial charge in [0.25, 0.3) is 5.91 Å². The summed E-state index contributed by atoms with van der Waals surface area (Å²) >= 11 is 3.19. The molecule has 0 unspecified atom stereocenters. The molecule has 4 nitrogen and oxygen atoms in total. The molecule has 3 heterocycles. The van der Waals surface area contributed by atoms with E-state index in [2.05, 4.69) is 23.4 Å². The van der Waals surface area contributed by atoms with E-state index in [0.717, 1.165) is 19.8 Å². The summed E-state index contributed by atoms with van der Waals surface area (Å²) in [4.78, 5) is 17.7. The summed E-state index contributed by atoms with van der Waals surface area (Å²) < 4.78 is 0.807. The van der Waals surface area contributed by atoms with Crippen molar-refractivity contribution in [3.63, 3.8) is 0 Å². The Morgan fingerprint density at radius 3 is 2.74 bits per heavy atom. The van der Waals surface area contributed by atoms with E-state index in [1.165, 1.54) is 23.1 Å². The molecular weight excluding hydrogens is 278 g/mol. The zero-order valence-corrected chi connectivity index (χ0v) is 11.8. The molecule has 4 N–H and O–H groups in total. The number of rotatable bonds is 2. The fourth-order valence-electron chi connectivity index (χ4n) is 1.90. The van der Waals surface area contributed by atoms with Gasteiger partial charge < -0.3 is 11.5 Å². The van der Waals surface area contributed by atoms with Crippen molar-refractivity contribution < 1.29 is 4.79 Å². The van der Waals surface area contributed by atoms with Crippen molar-refractivity contribution >= 4 is 44.5 Å². The second-order valence-electron chi connectivity index (χ2n) is 4.26. The Labute approximate surface area is 117 Å². The Kier molecular flexibility index (Phi) is 2.76. The van der Waals surface area contributed by atoms with Crippen molar-refractivity contribution in [3.8, 4) is 9.75 Å². The van der Waals surface area contributed by atoms with Gasteiger partial charge in [-0.3, -0.25) is 4.79 Å². The first-order valence-electron chi connectivity index (χ1n) is 5.59. The molecule has 19 heavy (non-hydrogen) atoms. The van der Waals surface area contributed by atoms with Crippen LogP contribution in [0.4, 0.5) is 5.82 Å². The molecule has 6 heteroatoms. The average molecular weight is 289 g/mol. The maximum Gasteiger partial charge on any atom is 0.251 e. The molecule has 0 spiro atoms. The molecule has 3 aromatic heterocycles. The van der Waals surface area contributed by atoms with Crippen LogP contribution in [0, 0.1) is 6.92 Å². The number of carbonyl (C=O) groups is 1. The molecule has 0 saturated heterocycles. The van der Waals surface area contributed by atoms with Gasteiger partial charge >= 0.3 is 0 Å².